The highest BCUT2D eigenvalue weighted by atomic mass is 19.4. The van der Waals surface area contributed by atoms with Crippen molar-refractivity contribution in [1.82, 2.24) is 4.98 Å². The molecular weight excluding hydrogens is 439 g/mol. The molecule has 4 aromatic rings. The molecule has 1 saturated heterocycles. The van der Waals surface area contributed by atoms with Crippen LogP contribution >= 0.6 is 0 Å². The number of fused-ring (bicyclic) bond motifs is 1. The van der Waals surface area contributed by atoms with Crippen molar-refractivity contribution in [2.24, 2.45) is 0 Å². The van der Waals surface area contributed by atoms with Gasteiger partial charge in [-0.1, -0.05) is 54.6 Å². The number of hydrogen-bond acceptors (Lipinski definition) is 4. The largest absolute Gasteiger partial charge is 0.416 e. The summed E-state index contributed by atoms with van der Waals surface area (Å²) in [5.41, 5.74) is 2.84. The molecule has 3 aromatic carbocycles. The highest BCUT2D eigenvalue weighted by molar-refractivity contribution is 6.03. The average Bonchev–Trinajstić information content (AvgIpc) is 2.85. The fourth-order valence-corrected chi connectivity index (χ4v) is 4.45. The number of benzene rings is 3. The molecular formula is C27H24F3N3O. The minimum atomic E-state index is -4.40. The second-order valence-electron chi connectivity index (χ2n) is 8.41. The molecule has 1 atom stereocenters. The number of ether oxygens (including phenoxy) is 1. The SMILES string of the molecule is Cc1cccc2c(Nc3cccc(C(F)(F)F)c3)ncc(N3CCOC(c4ccccc4)C3)c12. The summed E-state index contributed by atoms with van der Waals surface area (Å²) in [6.45, 7) is 4.05. The summed E-state index contributed by atoms with van der Waals surface area (Å²) < 4.78 is 45.5. The Morgan fingerprint density at radius 1 is 1.00 bits per heavy atom. The Bertz CT molecular complexity index is 1310. The number of morpholine rings is 1. The lowest BCUT2D eigenvalue weighted by molar-refractivity contribution is -0.137. The number of halogens is 3. The average molecular weight is 464 g/mol. The molecule has 0 radical (unpaired) electrons. The van der Waals surface area contributed by atoms with E-state index in [-0.39, 0.29) is 6.10 Å². The molecule has 2 heterocycles. The van der Waals surface area contributed by atoms with Gasteiger partial charge in [-0.25, -0.2) is 4.98 Å². The number of alkyl halides is 3. The van der Waals surface area contributed by atoms with E-state index in [1.54, 1.807) is 12.3 Å². The molecule has 1 fully saturated rings. The zero-order chi connectivity index (χ0) is 23.7. The van der Waals surface area contributed by atoms with Crippen LogP contribution in [0.1, 0.15) is 22.8 Å². The second kappa shape index (κ2) is 8.99. The lowest BCUT2D eigenvalue weighted by atomic mass is 10.0. The van der Waals surface area contributed by atoms with Gasteiger partial charge in [0.2, 0.25) is 0 Å². The normalized spacial score (nSPS) is 16.6. The van der Waals surface area contributed by atoms with Gasteiger partial charge in [0.1, 0.15) is 11.9 Å². The van der Waals surface area contributed by atoms with Gasteiger partial charge in [-0.15, -0.1) is 0 Å². The smallest absolute Gasteiger partial charge is 0.370 e. The van der Waals surface area contributed by atoms with E-state index < -0.39 is 11.7 Å². The van der Waals surface area contributed by atoms with Crippen molar-refractivity contribution in [3.8, 4) is 0 Å². The molecule has 0 aliphatic carbocycles. The highest BCUT2D eigenvalue weighted by Gasteiger charge is 2.30. The summed E-state index contributed by atoms with van der Waals surface area (Å²) >= 11 is 0. The van der Waals surface area contributed by atoms with E-state index in [9.17, 15) is 13.2 Å². The minimum absolute atomic E-state index is 0.0445. The standard InChI is InChI=1S/C27H24F3N3O/c1-18-7-5-12-22-25(18)23(33-13-14-34-24(17-33)19-8-3-2-4-9-19)16-31-26(22)32-21-11-6-10-20(15-21)27(28,29)30/h2-12,15-16,24H,13-14,17H2,1H3,(H,31,32). The molecule has 4 nitrogen and oxygen atoms in total. The maximum absolute atomic E-state index is 13.2. The number of anilines is 3. The van der Waals surface area contributed by atoms with Gasteiger partial charge in [-0.2, -0.15) is 13.2 Å². The second-order valence-corrected chi connectivity index (χ2v) is 8.41. The summed E-state index contributed by atoms with van der Waals surface area (Å²) in [6, 6.07) is 21.2. The van der Waals surface area contributed by atoms with Crippen molar-refractivity contribution in [2.45, 2.75) is 19.2 Å². The molecule has 1 N–H and O–H groups in total. The van der Waals surface area contributed by atoms with Crippen LogP contribution in [-0.4, -0.2) is 24.7 Å². The number of pyridine rings is 1. The maximum Gasteiger partial charge on any atom is 0.416 e. The summed E-state index contributed by atoms with van der Waals surface area (Å²) in [6.07, 6.45) is -2.64. The zero-order valence-corrected chi connectivity index (χ0v) is 18.6. The Morgan fingerprint density at radius 2 is 1.79 bits per heavy atom. The molecule has 7 heteroatoms. The Morgan fingerprint density at radius 3 is 2.59 bits per heavy atom. The van der Waals surface area contributed by atoms with Gasteiger partial charge in [0.05, 0.1) is 24.1 Å². The van der Waals surface area contributed by atoms with Crippen molar-refractivity contribution < 1.29 is 17.9 Å². The minimum Gasteiger partial charge on any atom is -0.370 e. The van der Waals surface area contributed by atoms with Crippen molar-refractivity contribution in [1.29, 1.82) is 0 Å². The van der Waals surface area contributed by atoms with Gasteiger partial charge in [0.15, 0.2) is 0 Å². The van der Waals surface area contributed by atoms with Crippen molar-refractivity contribution >= 4 is 28.0 Å². The first-order valence-electron chi connectivity index (χ1n) is 11.1. The van der Waals surface area contributed by atoms with Gasteiger partial charge >= 0.3 is 6.18 Å². The van der Waals surface area contributed by atoms with Crippen LogP contribution in [0.4, 0.5) is 30.4 Å². The van der Waals surface area contributed by atoms with E-state index in [1.165, 1.54) is 6.07 Å². The third kappa shape index (κ3) is 4.43. The lowest BCUT2D eigenvalue weighted by Gasteiger charge is -2.35. The van der Waals surface area contributed by atoms with E-state index in [4.69, 9.17) is 4.74 Å². The number of nitrogens with zero attached hydrogens (tertiary/aromatic N) is 2. The van der Waals surface area contributed by atoms with E-state index in [1.807, 2.05) is 43.3 Å². The maximum atomic E-state index is 13.2. The third-order valence-electron chi connectivity index (χ3n) is 6.13. The third-order valence-corrected chi connectivity index (χ3v) is 6.13. The lowest BCUT2D eigenvalue weighted by Crippen LogP contribution is -2.38. The molecule has 0 saturated carbocycles. The van der Waals surface area contributed by atoms with Crippen LogP contribution in [-0.2, 0) is 10.9 Å². The Hall–Kier alpha value is -3.58. The molecule has 1 aromatic heterocycles. The molecule has 0 amide bonds. The molecule has 0 bridgehead atoms. The first kappa shape index (κ1) is 22.2. The van der Waals surface area contributed by atoms with Gasteiger partial charge in [0, 0.05) is 29.5 Å². The van der Waals surface area contributed by atoms with Gasteiger partial charge in [-0.05, 0) is 36.2 Å². The fourth-order valence-electron chi connectivity index (χ4n) is 4.45. The van der Waals surface area contributed by atoms with Crippen molar-refractivity contribution in [2.75, 3.05) is 29.9 Å². The van der Waals surface area contributed by atoms with Crippen LogP contribution in [0.2, 0.25) is 0 Å². The Labute approximate surface area is 196 Å². The van der Waals surface area contributed by atoms with Crippen LogP contribution < -0.4 is 10.2 Å². The summed E-state index contributed by atoms with van der Waals surface area (Å²) in [7, 11) is 0. The van der Waals surface area contributed by atoms with Crippen LogP contribution in [0, 0.1) is 6.92 Å². The molecule has 5 rings (SSSR count). The van der Waals surface area contributed by atoms with Crippen LogP contribution in [0.3, 0.4) is 0 Å². The Balaban J connectivity index is 1.50. The molecule has 1 unspecified atom stereocenters. The molecule has 174 valence electrons. The zero-order valence-electron chi connectivity index (χ0n) is 18.6. The number of nitrogens with one attached hydrogen (secondary N) is 1. The van der Waals surface area contributed by atoms with Gasteiger partial charge < -0.3 is 15.0 Å². The summed E-state index contributed by atoms with van der Waals surface area (Å²) in [4.78, 5) is 6.91. The predicted molar refractivity (Wildman–Crippen MR) is 129 cm³/mol. The Kier molecular flexibility index (Phi) is 5.87. The quantitative estimate of drug-likeness (QED) is 0.358. The highest BCUT2D eigenvalue weighted by Crippen LogP contribution is 2.37. The van der Waals surface area contributed by atoms with Crippen molar-refractivity contribution in [3.05, 3.63) is 95.7 Å². The predicted octanol–water partition coefficient (Wildman–Crippen LogP) is 6.88. The summed E-state index contributed by atoms with van der Waals surface area (Å²) in [5.74, 6) is 0.523. The number of rotatable bonds is 4. The van der Waals surface area contributed by atoms with E-state index in [0.29, 0.717) is 24.7 Å². The number of hydrogen-bond donors (Lipinski definition) is 1. The molecule has 34 heavy (non-hydrogen) atoms. The van der Waals surface area contributed by atoms with Crippen LogP contribution in [0.5, 0.6) is 0 Å². The van der Waals surface area contributed by atoms with Gasteiger partial charge in [-0.3, -0.25) is 0 Å². The number of aryl methyl sites for hydroxylation is 1. The number of aromatic nitrogens is 1. The topological polar surface area (TPSA) is 37.4 Å². The van der Waals surface area contributed by atoms with Crippen LogP contribution in [0.25, 0.3) is 10.8 Å². The summed E-state index contributed by atoms with van der Waals surface area (Å²) in [5, 5.41) is 4.98. The molecule has 0 spiro atoms. The first-order valence-corrected chi connectivity index (χ1v) is 11.1. The van der Waals surface area contributed by atoms with E-state index in [0.717, 1.165) is 46.3 Å². The molecule has 1 aliphatic heterocycles. The fraction of sp³-hybridized carbons (Fsp3) is 0.222. The monoisotopic (exact) mass is 463 g/mol. The molecule has 1 aliphatic rings. The van der Waals surface area contributed by atoms with Crippen LogP contribution in [0.15, 0.2) is 79.0 Å². The first-order chi connectivity index (χ1) is 16.4. The van der Waals surface area contributed by atoms with Crippen molar-refractivity contribution in [3.63, 3.8) is 0 Å². The van der Waals surface area contributed by atoms with E-state index in [2.05, 4.69) is 27.3 Å². The van der Waals surface area contributed by atoms with E-state index >= 15 is 0 Å². The van der Waals surface area contributed by atoms with Gasteiger partial charge in [0.25, 0.3) is 0 Å².